The number of amides is 1. The van der Waals surface area contributed by atoms with Crippen LogP contribution in [-0.4, -0.2) is 27.1 Å². The second-order valence-corrected chi connectivity index (χ2v) is 5.18. The molecule has 110 valence electrons. The van der Waals surface area contributed by atoms with Crippen LogP contribution in [0.15, 0.2) is 48.5 Å². The molecule has 0 bridgehead atoms. The third kappa shape index (κ3) is 3.41. The van der Waals surface area contributed by atoms with E-state index in [2.05, 4.69) is 0 Å². The fourth-order valence-corrected chi connectivity index (χ4v) is 2.08. The molecular formula is C17H21N3O. The lowest BCUT2D eigenvalue weighted by atomic mass is 10.1. The molecule has 2 aromatic carbocycles. The molecule has 0 aliphatic heterocycles. The summed E-state index contributed by atoms with van der Waals surface area (Å²) in [5.41, 5.74) is 9.17. The first-order chi connectivity index (χ1) is 10.0. The van der Waals surface area contributed by atoms with E-state index in [1.165, 1.54) is 0 Å². The van der Waals surface area contributed by atoms with Crippen LogP contribution < -0.4 is 15.5 Å². The smallest absolute Gasteiger partial charge is 0.258 e. The zero-order valence-corrected chi connectivity index (χ0v) is 12.7. The van der Waals surface area contributed by atoms with Crippen LogP contribution in [0, 0.1) is 0 Å². The molecule has 0 atom stereocenters. The number of hydrogen-bond acceptors (Lipinski definition) is 3. The van der Waals surface area contributed by atoms with Crippen molar-refractivity contribution >= 4 is 17.3 Å². The van der Waals surface area contributed by atoms with Crippen molar-refractivity contribution in [2.24, 2.45) is 5.73 Å². The van der Waals surface area contributed by atoms with Gasteiger partial charge in [0.2, 0.25) is 0 Å². The maximum Gasteiger partial charge on any atom is 0.258 e. The molecule has 0 saturated heterocycles. The van der Waals surface area contributed by atoms with Crippen LogP contribution in [0.3, 0.4) is 0 Å². The summed E-state index contributed by atoms with van der Waals surface area (Å²) in [5.74, 6) is -0.0285. The van der Waals surface area contributed by atoms with E-state index < -0.39 is 0 Å². The average molecular weight is 283 g/mol. The van der Waals surface area contributed by atoms with Gasteiger partial charge in [-0.05, 0) is 35.9 Å². The minimum atomic E-state index is -0.0285. The fourth-order valence-electron chi connectivity index (χ4n) is 2.08. The van der Waals surface area contributed by atoms with Crippen LogP contribution in [-0.2, 0) is 6.54 Å². The summed E-state index contributed by atoms with van der Waals surface area (Å²) in [5, 5.41) is 0. The Bertz CT molecular complexity index is 620. The Morgan fingerprint density at radius 2 is 1.67 bits per heavy atom. The number of carbonyl (C=O) groups excluding carboxylic acids is 1. The van der Waals surface area contributed by atoms with Crippen molar-refractivity contribution in [2.75, 3.05) is 30.9 Å². The second kappa shape index (κ2) is 6.41. The summed E-state index contributed by atoms with van der Waals surface area (Å²) in [7, 11) is 5.69. The lowest BCUT2D eigenvalue weighted by molar-refractivity contribution is 0.0993. The minimum Gasteiger partial charge on any atom is -0.378 e. The highest BCUT2D eigenvalue weighted by molar-refractivity contribution is 6.06. The maximum absolute atomic E-state index is 12.6. The first kappa shape index (κ1) is 15.1. The molecular weight excluding hydrogens is 262 g/mol. The lowest BCUT2D eigenvalue weighted by Gasteiger charge is -2.19. The molecule has 4 heteroatoms. The van der Waals surface area contributed by atoms with Gasteiger partial charge in [0.05, 0.1) is 0 Å². The van der Waals surface area contributed by atoms with Crippen LogP contribution >= 0.6 is 0 Å². The largest absolute Gasteiger partial charge is 0.378 e. The number of rotatable bonds is 4. The van der Waals surface area contributed by atoms with Gasteiger partial charge in [-0.15, -0.1) is 0 Å². The normalized spacial score (nSPS) is 10.3. The molecule has 0 saturated carbocycles. The van der Waals surface area contributed by atoms with E-state index in [-0.39, 0.29) is 5.91 Å². The van der Waals surface area contributed by atoms with Crippen molar-refractivity contribution in [1.82, 2.24) is 0 Å². The number of nitrogens with two attached hydrogens (primary N) is 1. The third-order valence-electron chi connectivity index (χ3n) is 3.47. The van der Waals surface area contributed by atoms with Gasteiger partial charge >= 0.3 is 0 Å². The summed E-state index contributed by atoms with van der Waals surface area (Å²) in [6.07, 6.45) is 0. The van der Waals surface area contributed by atoms with E-state index in [1.54, 1.807) is 11.9 Å². The summed E-state index contributed by atoms with van der Waals surface area (Å²) >= 11 is 0. The molecule has 0 fully saturated rings. The summed E-state index contributed by atoms with van der Waals surface area (Å²) in [6.45, 7) is 0.503. The van der Waals surface area contributed by atoms with Crippen LogP contribution in [0.5, 0.6) is 0 Å². The molecule has 0 unspecified atom stereocenters. The molecule has 21 heavy (non-hydrogen) atoms. The topological polar surface area (TPSA) is 49.6 Å². The summed E-state index contributed by atoms with van der Waals surface area (Å²) in [6, 6.07) is 15.3. The van der Waals surface area contributed by atoms with Gasteiger partial charge in [0.15, 0.2) is 0 Å². The Kier molecular flexibility index (Phi) is 4.60. The van der Waals surface area contributed by atoms with Gasteiger partial charge in [-0.25, -0.2) is 0 Å². The van der Waals surface area contributed by atoms with Gasteiger partial charge in [0, 0.05) is 44.6 Å². The Morgan fingerprint density at radius 1 is 1.00 bits per heavy atom. The Morgan fingerprint density at radius 3 is 2.24 bits per heavy atom. The van der Waals surface area contributed by atoms with Crippen molar-refractivity contribution < 1.29 is 4.79 Å². The average Bonchev–Trinajstić information content (AvgIpc) is 2.53. The van der Waals surface area contributed by atoms with E-state index in [4.69, 9.17) is 5.73 Å². The highest BCUT2D eigenvalue weighted by Crippen LogP contribution is 2.19. The van der Waals surface area contributed by atoms with E-state index in [0.717, 1.165) is 16.9 Å². The number of anilines is 2. The molecule has 2 aromatic rings. The molecule has 0 aromatic heterocycles. The predicted octanol–water partition coefficient (Wildman–Crippen LogP) is 2.49. The van der Waals surface area contributed by atoms with Gasteiger partial charge in [0.1, 0.15) is 0 Å². The molecule has 0 spiro atoms. The third-order valence-corrected chi connectivity index (χ3v) is 3.47. The van der Waals surface area contributed by atoms with E-state index in [9.17, 15) is 4.79 Å². The van der Waals surface area contributed by atoms with Gasteiger partial charge < -0.3 is 15.5 Å². The molecule has 4 nitrogen and oxygen atoms in total. The monoisotopic (exact) mass is 283 g/mol. The first-order valence-corrected chi connectivity index (χ1v) is 6.87. The lowest BCUT2D eigenvalue weighted by Crippen LogP contribution is -2.26. The van der Waals surface area contributed by atoms with Crippen molar-refractivity contribution in [3.05, 3.63) is 59.7 Å². The maximum atomic E-state index is 12.6. The number of nitrogens with zero attached hydrogens (tertiary/aromatic N) is 2. The Hall–Kier alpha value is -2.33. The quantitative estimate of drug-likeness (QED) is 0.938. The minimum absolute atomic E-state index is 0.0285. The van der Waals surface area contributed by atoms with E-state index in [1.807, 2.05) is 67.5 Å². The highest BCUT2D eigenvalue weighted by Gasteiger charge is 2.14. The molecule has 0 aliphatic carbocycles. The number of hydrogen-bond donors (Lipinski definition) is 1. The summed E-state index contributed by atoms with van der Waals surface area (Å²) in [4.78, 5) is 16.2. The molecule has 1 amide bonds. The zero-order valence-electron chi connectivity index (χ0n) is 12.7. The molecule has 0 radical (unpaired) electrons. The van der Waals surface area contributed by atoms with Crippen LogP contribution in [0.1, 0.15) is 15.9 Å². The summed E-state index contributed by atoms with van der Waals surface area (Å²) < 4.78 is 0. The van der Waals surface area contributed by atoms with Crippen molar-refractivity contribution in [3.63, 3.8) is 0 Å². The van der Waals surface area contributed by atoms with E-state index >= 15 is 0 Å². The number of benzene rings is 2. The van der Waals surface area contributed by atoms with Gasteiger partial charge in [-0.2, -0.15) is 0 Å². The van der Waals surface area contributed by atoms with Gasteiger partial charge in [0.25, 0.3) is 5.91 Å². The molecule has 2 N–H and O–H groups in total. The predicted molar refractivity (Wildman–Crippen MR) is 87.8 cm³/mol. The highest BCUT2D eigenvalue weighted by atomic mass is 16.2. The molecule has 2 rings (SSSR count). The second-order valence-electron chi connectivity index (χ2n) is 5.18. The fraction of sp³-hybridized carbons (Fsp3) is 0.235. The van der Waals surface area contributed by atoms with Crippen molar-refractivity contribution in [1.29, 1.82) is 0 Å². The van der Waals surface area contributed by atoms with Crippen LogP contribution in [0.4, 0.5) is 11.4 Å². The Balaban J connectivity index is 2.23. The van der Waals surface area contributed by atoms with Gasteiger partial charge in [-0.1, -0.05) is 18.2 Å². The van der Waals surface area contributed by atoms with Gasteiger partial charge in [-0.3, -0.25) is 4.79 Å². The van der Waals surface area contributed by atoms with Crippen LogP contribution in [0.25, 0.3) is 0 Å². The van der Waals surface area contributed by atoms with Crippen LogP contribution in [0.2, 0.25) is 0 Å². The van der Waals surface area contributed by atoms with Crippen molar-refractivity contribution in [3.8, 4) is 0 Å². The van der Waals surface area contributed by atoms with Crippen molar-refractivity contribution in [2.45, 2.75) is 6.54 Å². The number of carbonyl (C=O) groups is 1. The zero-order chi connectivity index (χ0) is 15.4. The van der Waals surface area contributed by atoms with E-state index in [0.29, 0.717) is 12.1 Å². The molecule has 0 heterocycles. The SMILES string of the molecule is CN(C)c1cccc(C(=O)N(C)c2ccc(CN)cc2)c1. The Labute approximate surface area is 125 Å². The standard InChI is InChI=1S/C17H21N3O/c1-19(2)16-6-4-5-14(11-16)17(21)20(3)15-9-7-13(12-18)8-10-15/h4-11H,12,18H2,1-3H3. The molecule has 0 aliphatic rings. The first-order valence-electron chi connectivity index (χ1n) is 6.87.